The number of hydrogen-bond acceptors (Lipinski definition) is 3. The smallest absolute Gasteiger partial charge is 0.251 e. The summed E-state index contributed by atoms with van der Waals surface area (Å²) in [6, 6.07) is 7.61. The topological polar surface area (TPSA) is 50.4 Å². The van der Waals surface area contributed by atoms with Gasteiger partial charge >= 0.3 is 0 Å². The molecule has 1 amide bonds. The molecule has 2 rings (SSSR count). The Hall–Kier alpha value is -1.39. The first-order chi connectivity index (χ1) is 9.27. The first-order valence-electron chi connectivity index (χ1n) is 6.93. The maximum Gasteiger partial charge on any atom is 0.251 e. The standard InChI is InChI=1S/C15H22N2O2/c1-12-4-2-3-5-14(12)15(18)17-10-11-19-13-6-8-16-9-7-13/h2-5,13,16H,6-11H2,1H3,(H,17,18). The fourth-order valence-corrected chi connectivity index (χ4v) is 2.28. The maximum absolute atomic E-state index is 11.9. The molecule has 0 atom stereocenters. The highest BCUT2D eigenvalue weighted by molar-refractivity contribution is 5.95. The van der Waals surface area contributed by atoms with E-state index in [1.54, 1.807) is 0 Å². The highest BCUT2D eigenvalue weighted by atomic mass is 16.5. The molecule has 0 spiro atoms. The molecule has 1 aliphatic rings. The minimum Gasteiger partial charge on any atom is -0.376 e. The summed E-state index contributed by atoms with van der Waals surface area (Å²) in [5.41, 5.74) is 1.74. The van der Waals surface area contributed by atoms with Gasteiger partial charge in [0.2, 0.25) is 0 Å². The largest absolute Gasteiger partial charge is 0.376 e. The summed E-state index contributed by atoms with van der Waals surface area (Å²) in [6.07, 6.45) is 2.47. The van der Waals surface area contributed by atoms with E-state index in [0.717, 1.165) is 37.1 Å². The first-order valence-corrected chi connectivity index (χ1v) is 6.93. The molecule has 1 aliphatic heterocycles. The third kappa shape index (κ3) is 4.33. The van der Waals surface area contributed by atoms with Crippen molar-refractivity contribution in [1.82, 2.24) is 10.6 Å². The van der Waals surface area contributed by atoms with Gasteiger partial charge in [0.25, 0.3) is 5.91 Å². The van der Waals surface area contributed by atoms with E-state index in [0.29, 0.717) is 19.3 Å². The molecule has 104 valence electrons. The van der Waals surface area contributed by atoms with E-state index < -0.39 is 0 Å². The Morgan fingerprint density at radius 3 is 2.84 bits per heavy atom. The molecule has 4 nitrogen and oxygen atoms in total. The summed E-state index contributed by atoms with van der Waals surface area (Å²) < 4.78 is 5.74. The van der Waals surface area contributed by atoms with E-state index in [9.17, 15) is 4.79 Å². The van der Waals surface area contributed by atoms with Crippen molar-refractivity contribution in [2.45, 2.75) is 25.9 Å². The molecule has 1 aromatic rings. The van der Waals surface area contributed by atoms with Crippen molar-refractivity contribution in [2.75, 3.05) is 26.2 Å². The monoisotopic (exact) mass is 262 g/mol. The van der Waals surface area contributed by atoms with E-state index in [1.165, 1.54) is 0 Å². The summed E-state index contributed by atoms with van der Waals surface area (Å²) in [7, 11) is 0. The second kappa shape index (κ2) is 7.26. The van der Waals surface area contributed by atoms with Crippen molar-refractivity contribution < 1.29 is 9.53 Å². The van der Waals surface area contributed by atoms with Crippen LogP contribution in [-0.4, -0.2) is 38.3 Å². The maximum atomic E-state index is 11.9. The molecule has 0 aliphatic carbocycles. The van der Waals surface area contributed by atoms with Crippen LogP contribution in [-0.2, 0) is 4.74 Å². The zero-order chi connectivity index (χ0) is 13.5. The number of piperidine rings is 1. The second-order valence-electron chi connectivity index (χ2n) is 4.89. The molecule has 1 fully saturated rings. The van der Waals surface area contributed by atoms with Gasteiger partial charge in [0, 0.05) is 12.1 Å². The van der Waals surface area contributed by atoms with Crippen molar-refractivity contribution in [3.05, 3.63) is 35.4 Å². The van der Waals surface area contributed by atoms with Gasteiger partial charge in [-0.25, -0.2) is 0 Å². The van der Waals surface area contributed by atoms with Gasteiger partial charge < -0.3 is 15.4 Å². The summed E-state index contributed by atoms with van der Waals surface area (Å²) in [4.78, 5) is 11.9. The molecule has 2 N–H and O–H groups in total. The van der Waals surface area contributed by atoms with Crippen LogP contribution in [0.1, 0.15) is 28.8 Å². The fraction of sp³-hybridized carbons (Fsp3) is 0.533. The molecule has 0 aromatic heterocycles. The van der Waals surface area contributed by atoms with Crippen LogP contribution in [0.15, 0.2) is 24.3 Å². The lowest BCUT2D eigenvalue weighted by molar-refractivity contribution is 0.0343. The lowest BCUT2D eigenvalue weighted by atomic mass is 10.1. The summed E-state index contributed by atoms with van der Waals surface area (Å²) in [6.45, 7) is 5.15. The predicted molar refractivity (Wildman–Crippen MR) is 75.4 cm³/mol. The van der Waals surface area contributed by atoms with E-state index in [1.807, 2.05) is 31.2 Å². The van der Waals surface area contributed by atoms with Crippen molar-refractivity contribution in [1.29, 1.82) is 0 Å². The van der Waals surface area contributed by atoms with Crippen LogP contribution < -0.4 is 10.6 Å². The van der Waals surface area contributed by atoms with Gasteiger partial charge in [0.15, 0.2) is 0 Å². The van der Waals surface area contributed by atoms with E-state index >= 15 is 0 Å². The Morgan fingerprint density at radius 1 is 1.37 bits per heavy atom. The summed E-state index contributed by atoms with van der Waals surface area (Å²) in [5.74, 6) is -0.0213. The van der Waals surface area contributed by atoms with Crippen LogP contribution in [0, 0.1) is 6.92 Å². The molecule has 1 saturated heterocycles. The number of carbonyl (C=O) groups excluding carboxylic acids is 1. The molecule has 1 aromatic carbocycles. The lowest BCUT2D eigenvalue weighted by Gasteiger charge is -2.22. The number of hydrogen-bond donors (Lipinski definition) is 2. The molecular weight excluding hydrogens is 240 g/mol. The number of ether oxygens (including phenoxy) is 1. The molecular formula is C15H22N2O2. The lowest BCUT2D eigenvalue weighted by Crippen LogP contribution is -2.34. The molecule has 0 radical (unpaired) electrons. The van der Waals surface area contributed by atoms with Gasteiger partial charge in [0.05, 0.1) is 12.7 Å². The quantitative estimate of drug-likeness (QED) is 0.791. The Labute approximate surface area is 114 Å². The molecule has 19 heavy (non-hydrogen) atoms. The Balaban J connectivity index is 1.68. The number of rotatable bonds is 5. The van der Waals surface area contributed by atoms with Gasteiger partial charge in [-0.3, -0.25) is 4.79 Å². The number of aryl methyl sites for hydroxylation is 1. The van der Waals surface area contributed by atoms with Crippen LogP contribution >= 0.6 is 0 Å². The van der Waals surface area contributed by atoms with Gasteiger partial charge in [-0.15, -0.1) is 0 Å². The highest BCUT2D eigenvalue weighted by Gasteiger charge is 2.13. The highest BCUT2D eigenvalue weighted by Crippen LogP contribution is 2.07. The number of carbonyl (C=O) groups is 1. The summed E-state index contributed by atoms with van der Waals surface area (Å²) >= 11 is 0. The second-order valence-corrected chi connectivity index (χ2v) is 4.89. The van der Waals surface area contributed by atoms with Crippen LogP contribution in [0.5, 0.6) is 0 Å². The molecule has 0 saturated carbocycles. The average molecular weight is 262 g/mol. The first kappa shape index (κ1) is 14.0. The molecule has 0 bridgehead atoms. The molecule has 1 heterocycles. The molecule has 4 heteroatoms. The van der Waals surface area contributed by atoms with Gasteiger partial charge in [-0.2, -0.15) is 0 Å². The van der Waals surface area contributed by atoms with Crippen LogP contribution in [0.4, 0.5) is 0 Å². The van der Waals surface area contributed by atoms with Gasteiger partial charge in [0.1, 0.15) is 0 Å². The van der Waals surface area contributed by atoms with Crippen LogP contribution in [0.2, 0.25) is 0 Å². The van der Waals surface area contributed by atoms with E-state index in [2.05, 4.69) is 10.6 Å². The molecule has 0 unspecified atom stereocenters. The number of benzene rings is 1. The van der Waals surface area contributed by atoms with Crippen LogP contribution in [0.25, 0.3) is 0 Å². The Morgan fingerprint density at radius 2 is 2.11 bits per heavy atom. The van der Waals surface area contributed by atoms with E-state index in [4.69, 9.17) is 4.74 Å². The minimum absolute atomic E-state index is 0.0213. The zero-order valence-corrected chi connectivity index (χ0v) is 11.4. The average Bonchev–Trinajstić information content (AvgIpc) is 2.45. The normalized spacial score (nSPS) is 16.3. The fourth-order valence-electron chi connectivity index (χ4n) is 2.28. The summed E-state index contributed by atoms with van der Waals surface area (Å²) in [5, 5.41) is 6.20. The number of nitrogens with one attached hydrogen (secondary N) is 2. The number of amides is 1. The van der Waals surface area contributed by atoms with E-state index in [-0.39, 0.29) is 5.91 Å². The van der Waals surface area contributed by atoms with Crippen LogP contribution in [0.3, 0.4) is 0 Å². The predicted octanol–water partition coefficient (Wildman–Crippen LogP) is 1.49. The van der Waals surface area contributed by atoms with Crippen molar-refractivity contribution in [3.63, 3.8) is 0 Å². The van der Waals surface area contributed by atoms with Crippen molar-refractivity contribution in [2.24, 2.45) is 0 Å². The van der Waals surface area contributed by atoms with Gasteiger partial charge in [-0.05, 0) is 44.5 Å². The Bertz CT molecular complexity index is 414. The van der Waals surface area contributed by atoms with Gasteiger partial charge in [-0.1, -0.05) is 18.2 Å². The van der Waals surface area contributed by atoms with Crippen molar-refractivity contribution >= 4 is 5.91 Å². The third-order valence-electron chi connectivity index (χ3n) is 3.42. The van der Waals surface area contributed by atoms with Crippen molar-refractivity contribution in [3.8, 4) is 0 Å². The zero-order valence-electron chi connectivity index (χ0n) is 11.4. The minimum atomic E-state index is -0.0213. The Kier molecular flexibility index (Phi) is 5.36. The third-order valence-corrected chi connectivity index (χ3v) is 3.42. The SMILES string of the molecule is Cc1ccccc1C(=O)NCCOC1CCNCC1.